The number of aliphatic imine (C=N–C) groups is 2. The lowest BCUT2D eigenvalue weighted by atomic mass is 9.88. The molecule has 238 valence electrons. The molecule has 1 rings (SSSR count). The molecule has 0 atom stereocenters. The summed E-state index contributed by atoms with van der Waals surface area (Å²) in [6, 6.07) is 7.33. The fourth-order valence-corrected chi connectivity index (χ4v) is 2.56. The molecular formula is C28H50N2O11. The Kier molecular flexibility index (Phi) is 27.9. The van der Waals surface area contributed by atoms with Gasteiger partial charge in [-0.2, -0.15) is 0 Å². The second kappa shape index (κ2) is 26.5. The highest BCUT2D eigenvalue weighted by molar-refractivity contribution is 5.37. The number of aliphatic hydroxyl groups is 9. The van der Waals surface area contributed by atoms with Crippen LogP contribution in [0.2, 0.25) is 0 Å². The van der Waals surface area contributed by atoms with E-state index in [0.717, 1.165) is 11.1 Å². The number of hydrogen-bond donors (Lipinski definition) is 9. The Morgan fingerprint density at radius 1 is 0.512 bits per heavy atom. The van der Waals surface area contributed by atoms with E-state index >= 15 is 0 Å². The van der Waals surface area contributed by atoms with Crippen molar-refractivity contribution in [2.24, 2.45) is 26.2 Å². The smallest absolute Gasteiger partial charge is 0.235 e. The summed E-state index contributed by atoms with van der Waals surface area (Å²) in [6.45, 7) is 4.60. The van der Waals surface area contributed by atoms with Gasteiger partial charge in [-0.05, 0) is 30.4 Å². The van der Waals surface area contributed by atoms with E-state index in [9.17, 15) is 9.59 Å². The van der Waals surface area contributed by atoms with Crippen molar-refractivity contribution in [2.45, 2.75) is 53.1 Å². The summed E-state index contributed by atoms with van der Waals surface area (Å²) < 4.78 is 0. The predicted octanol–water partition coefficient (Wildman–Crippen LogP) is -0.563. The molecular weight excluding hydrogens is 540 g/mol. The van der Waals surface area contributed by atoms with Gasteiger partial charge in [-0.1, -0.05) is 45.0 Å². The molecule has 0 saturated heterocycles. The maximum Gasteiger partial charge on any atom is 0.235 e. The first-order chi connectivity index (χ1) is 19.6. The van der Waals surface area contributed by atoms with Gasteiger partial charge in [0.2, 0.25) is 12.2 Å². The van der Waals surface area contributed by atoms with Crippen molar-refractivity contribution in [3.8, 4) is 0 Å². The SMILES string of the molecule is CCC(CO)(CO)CO.CCC(CO)(CO)CO.CCC(CO)(CO)CO.O=C=NCc1ccccc1CN=C=O. The Labute approximate surface area is 242 Å². The third-order valence-electron chi connectivity index (χ3n) is 7.01. The molecule has 9 N–H and O–H groups in total. The van der Waals surface area contributed by atoms with Gasteiger partial charge in [0.1, 0.15) is 0 Å². The van der Waals surface area contributed by atoms with Crippen molar-refractivity contribution >= 4 is 12.2 Å². The van der Waals surface area contributed by atoms with E-state index in [0.29, 0.717) is 19.3 Å². The van der Waals surface area contributed by atoms with E-state index in [1.807, 2.05) is 45.0 Å². The first-order valence-electron chi connectivity index (χ1n) is 13.2. The van der Waals surface area contributed by atoms with Gasteiger partial charge in [-0.25, -0.2) is 19.6 Å². The molecule has 41 heavy (non-hydrogen) atoms. The number of benzene rings is 1. The van der Waals surface area contributed by atoms with Crippen molar-refractivity contribution in [1.82, 2.24) is 0 Å². The van der Waals surface area contributed by atoms with Crippen LogP contribution in [-0.2, 0) is 22.7 Å². The molecule has 13 nitrogen and oxygen atoms in total. The van der Waals surface area contributed by atoms with E-state index in [2.05, 4.69) is 9.98 Å². The van der Waals surface area contributed by atoms with Crippen LogP contribution in [0, 0.1) is 16.2 Å². The van der Waals surface area contributed by atoms with Crippen LogP contribution in [-0.4, -0.2) is 118 Å². The molecule has 0 aliphatic rings. The second-order valence-electron chi connectivity index (χ2n) is 9.57. The van der Waals surface area contributed by atoms with Gasteiger partial charge in [0.05, 0.1) is 72.6 Å². The topological polar surface area (TPSA) is 241 Å². The highest BCUT2D eigenvalue weighted by Crippen LogP contribution is 2.19. The van der Waals surface area contributed by atoms with Gasteiger partial charge in [0.25, 0.3) is 0 Å². The van der Waals surface area contributed by atoms with Gasteiger partial charge in [-0.3, -0.25) is 0 Å². The highest BCUT2D eigenvalue weighted by Gasteiger charge is 2.26. The Hall–Kier alpha value is -2.38. The summed E-state index contributed by atoms with van der Waals surface area (Å²) in [4.78, 5) is 26.8. The van der Waals surface area contributed by atoms with Crippen molar-refractivity contribution in [2.75, 3.05) is 59.5 Å². The third kappa shape index (κ3) is 17.2. The van der Waals surface area contributed by atoms with E-state index in [1.165, 1.54) is 12.2 Å². The first kappa shape index (κ1) is 43.1. The van der Waals surface area contributed by atoms with Gasteiger partial charge < -0.3 is 46.0 Å². The minimum atomic E-state index is -0.667. The summed E-state index contributed by atoms with van der Waals surface area (Å²) in [5, 5.41) is 77.9. The van der Waals surface area contributed by atoms with Crippen molar-refractivity contribution in [3.63, 3.8) is 0 Å². The fraction of sp³-hybridized carbons (Fsp3) is 0.714. The van der Waals surface area contributed by atoms with Crippen LogP contribution in [0.3, 0.4) is 0 Å². The Morgan fingerprint density at radius 3 is 0.854 bits per heavy atom. The Bertz CT molecular complexity index is 706. The van der Waals surface area contributed by atoms with E-state index in [-0.39, 0.29) is 72.6 Å². The largest absolute Gasteiger partial charge is 0.396 e. The molecule has 0 aliphatic heterocycles. The van der Waals surface area contributed by atoms with Crippen LogP contribution < -0.4 is 0 Å². The Balaban J connectivity index is -0.000000482. The quantitative estimate of drug-likeness (QED) is 0.0872. The number of isocyanates is 2. The lowest BCUT2D eigenvalue weighted by Crippen LogP contribution is -2.32. The van der Waals surface area contributed by atoms with Crippen LogP contribution in [0.25, 0.3) is 0 Å². The monoisotopic (exact) mass is 590 g/mol. The standard InChI is InChI=1S/C10H8N2O2.3C6H14O3/c13-7-11-5-9-3-1-2-4-10(9)6-12-8-14;3*1-2-6(3-7,4-8)5-9/h1-4H,5-6H2;3*7-9H,2-5H2,1H3. The molecule has 0 amide bonds. The number of rotatable bonds is 16. The molecule has 0 bridgehead atoms. The minimum absolute atomic E-state index is 0.156. The zero-order valence-electron chi connectivity index (χ0n) is 24.4. The van der Waals surface area contributed by atoms with Gasteiger partial charge in [0, 0.05) is 16.2 Å². The normalized spacial score (nSPS) is 10.8. The average molecular weight is 591 g/mol. The molecule has 0 aromatic heterocycles. The number of hydrogen-bond acceptors (Lipinski definition) is 13. The zero-order valence-corrected chi connectivity index (χ0v) is 24.4. The summed E-state index contributed by atoms with van der Waals surface area (Å²) >= 11 is 0. The number of carbonyl (C=O) groups excluding carboxylic acids is 2. The molecule has 0 fully saturated rings. The maximum atomic E-state index is 9.93. The van der Waals surface area contributed by atoms with Crippen LogP contribution in [0.1, 0.15) is 51.2 Å². The van der Waals surface area contributed by atoms with Crippen LogP contribution in [0.4, 0.5) is 0 Å². The molecule has 0 spiro atoms. The molecule has 1 aromatic carbocycles. The molecule has 1 aromatic rings. The van der Waals surface area contributed by atoms with E-state index in [4.69, 9.17) is 46.0 Å². The molecule has 13 heteroatoms. The van der Waals surface area contributed by atoms with Gasteiger partial charge in [-0.15, -0.1) is 0 Å². The van der Waals surface area contributed by atoms with Crippen LogP contribution in [0.15, 0.2) is 34.3 Å². The lowest BCUT2D eigenvalue weighted by Gasteiger charge is -2.24. The van der Waals surface area contributed by atoms with Gasteiger partial charge in [0.15, 0.2) is 0 Å². The zero-order chi connectivity index (χ0) is 32.2. The fourth-order valence-electron chi connectivity index (χ4n) is 2.56. The summed E-state index contributed by atoms with van der Waals surface area (Å²) in [6.07, 6.45) is 4.71. The average Bonchev–Trinajstić information content (AvgIpc) is 3.04. The summed E-state index contributed by atoms with van der Waals surface area (Å²) in [5.74, 6) is 0. The predicted molar refractivity (Wildman–Crippen MR) is 152 cm³/mol. The molecule has 0 radical (unpaired) electrons. The van der Waals surface area contributed by atoms with Gasteiger partial charge >= 0.3 is 0 Å². The summed E-state index contributed by atoms with van der Waals surface area (Å²) in [7, 11) is 0. The molecule has 0 saturated carbocycles. The number of aliphatic hydroxyl groups excluding tert-OH is 9. The minimum Gasteiger partial charge on any atom is -0.396 e. The highest BCUT2D eigenvalue weighted by atomic mass is 16.3. The maximum absolute atomic E-state index is 9.93. The lowest BCUT2D eigenvalue weighted by molar-refractivity contribution is 0.00275. The summed E-state index contributed by atoms with van der Waals surface area (Å²) in [5.41, 5.74) is -0.260. The molecule has 0 unspecified atom stereocenters. The number of nitrogens with zero attached hydrogens (tertiary/aromatic N) is 2. The van der Waals surface area contributed by atoms with Crippen molar-refractivity contribution < 1.29 is 55.5 Å². The van der Waals surface area contributed by atoms with E-state index in [1.54, 1.807) is 0 Å². The first-order valence-corrected chi connectivity index (χ1v) is 13.2. The van der Waals surface area contributed by atoms with Crippen LogP contribution >= 0.6 is 0 Å². The Morgan fingerprint density at radius 2 is 0.732 bits per heavy atom. The molecule has 0 aliphatic carbocycles. The second-order valence-corrected chi connectivity index (χ2v) is 9.57. The van der Waals surface area contributed by atoms with Crippen molar-refractivity contribution in [3.05, 3.63) is 35.4 Å². The third-order valence-corrected chi connectivity index (χ3v) is 7.01. The van der Waals surface area contributed by atoms with Crippen LogP contribution in [0.5, 0.6) is 0 Å². The van der Waals surface area contributed by atoms with E-state index < -0.39 is 16.2 Å². The van der Waals surface area contributed by atoms with Crippen molar-refractivity contribution in [1.29, 1.82) is 0 Å². The molecule has 0 heterocycles.